The van der Waals surface area contributed by atoms with Gasteiger partial charge in [-0.25, -0.2) is 14.1 Å². The molecule has 2 aromatic heterocycles. The normalized spacial score (nSPS) is 15.8. The fourth-order valence-corrected chi connectivity index (χ4v) is 3.80. The van der Waals surface area contributed by atoms with E-state index in [1.54, 1.807) is 23.1 Å². The maximum atomic E-state index is 13.6. The lowest BCUT2D eigenvalue weighted by Gasteiger charge is -2.24. The predicted octanol–water partition coefficient (Wildman–Crippen LogP) is 4.55. The summed E-state index contributed by atoms with van der Waals surface area (Å²) < 4.78 is 21.6. The van der Waals surface area contributed by atoms with E-state index >= 15 is 0 Å². The van der Waals surface area contributed by atoms with Crippen LogP contribution in [-0.4, -0.2) is 25.3 Å². The Morgan fingerprint density at radius 3 is 2.61 bits per heavy atom. The third-order valence-corrected chi connectivity index (χ3v) is 5.43. The van der Waals surface area contributed by atoms with E-state index in [9.17, 15) is 4.39 Å². The Bertz CT molecular complexity index is 948. The van der Waals surface area contributed by atoms with Gasteiger partial charge in [0.2, 0.25) is 0 Å². The summed E-state index contributed by atoms with van der Waals surface area (Å²) in [6, 6.07) is 8.63. The zero-order valence-electron chi connectivity index (χ0n) is 16.4. The van der Waals surface area contributed by atoms with Gasteiger partial charge < -0.3 is 4.74 Å². The summed E-state index contributed by atoms with van der Waals surface area (Å²) in [5, 5.41) is 4.72. The van der Waals surface area contributed by atoms with Gasteiger partial charge in [0.15, 0.2) is 11.6 Å². The first-order valence-electron chi connectivity index (χ1n) is 9.77. The lowest BCUT2D eigenvalue weighted by molar-refractivity contribution is -0.0411. The van der Waals surface area contributed by atoms with Crippen LogP contribution in [0.15, 0.2) is 42.7 Å². The standard InChI is InChI=1S/C22H25FN4O/c1-16-13-18(23)5-6-19(16)27-21(15-28-22(2)9-3-4-10-22)25-20(26-27)14-17-7-11-24-12-8-17/h5-8,11-13H,3-4,9-10,14-15H2,1-2H3. The second-order valence-corrected chi connectivity index (χ2v) is 7.76. The summed E-state index contributed by atoms with van der Waals surface area (Å²) in [7, 11) is 0. The Labute approximate surface area is 164 Å². The van der Waals surface area contributed by atoms with Crippen LogP contribution in [0.5, 0.6) is 0 Å². The van der Waals surface area contributed by atoms with Gasteiger partial charge in [-0.15, -0.1) is 0 Å². The molecule has 0 aliphatic heterocycles. The molecule has 1 aliphatic carbocycles. The maximum absolute atomic E-state index is 13.6. The van der Waals surface area contributed by atoms with Crippen LogP contribution < -0.4 is 0 Å². The number of pyridine rings is 1. The fourth-order valence-electron chi connectivity index (χ4n) is 3.80. The third kappa shape index (κ3) is 4.12. The molecule has 146 valence electrons. The van der Waals surface area contributed by atoms with Gasteiger partial charge in [0.1, 0.15) is 12.4 Å². The van der Waals surface area contributed by atoms with E-state index in [1.165, 1.54) is 25.0 Å². The second kappa shape index (κ2) is 7.80. The molecular formula is C22H25FN4O. The first-order chi connectivity index (χ1) is 13.5. The van der Waals surface area contributed by atoms with Crippen LogP contribution in [0.3, 0.4) is 0 Å². The van der Waals surface area contributed by atoms with Gasteiger partial charge in [-0.1, -0.05) is 12.8 Å². The molecule has 3 aromatic rings. The van der Waals surface area contributed by atoms with Crippen molar-refractivity contribution in [1.82, 2.24) is 19.7 Å². The van der Waals surface area contributed by atoms with Gasteiger partial charge in [0.25, 0.3) is 0 Å². The van der Waals surface area contributed by atoms with Crippen molar-refractivity contribution in [3.63, 3.8) is 0 Å². The molecule has 1 saturated carbocycles. The van der Waals surface area contributed by atoms with Gasteiger partial charge in [0, 0.05) is 18.8 Å². The van der Waals surface area contributed by atoms with Crippen molar-refractivity contribution in [3.8, 4) is 5.69 Å². The molecule has 0 spiro atoms. The summed E-state index contributed by atoms with van der Waals surface area (Å²) in [5.41, 5.74) is 2.64. The quantitative estimate of drug-likeness (QED) is 0.629. The summed E-state index contributed by atoms with van der Waals surface area (Å²) in [6.07, 6.45) is 8.69. The number of halogens is 1. The highest BCUT2D eigenvalue weighted by Gasteiger charge is 2.30. The van der Waals surface area contributed by atoms with Gasteiger partial charge in [-0.3, -0.25) is 4.98 Å². The number of hydrogen-bond donors (Lipinski definition) is 0. The lowest BCUT2D eigenvalue weighted by Crippen LogP contribution is -2.25. The molecule has 0 N–H and O–H groups in total. The van der Waals surface area contributed by atoms with Crippen molar-refractivity contribution in [1.29, 1.82) is 0 Å². The van der Waals surface area contributed by atoms with Gasteiger partial charge in [0.05, 0.1) is 11.3 Å². The zero-order valence-corrected chi connectivity index (χ0v) is 16.4. The number of aryl methyl sites for hydroxylation is 1. The van der Waals surface area contributed by atoms with E-state index in [4.69, 9.17) is 14.8 Å². The third-order valence-electron chi connectivity index (χ3n) is 5.43. The van der Waals surface area contributed by atoms with Crippen molar-refractivity contribution in [3.05, 3.63) is 71.3 Å². The van der Waals surface area contributed by atoms with Crippen LogP contribution in [-0.2, 0) is 17.8 Å². The van der Waals surface area contributed by atoms with Crippen LogP contribution >= 0.6 is 0 Å². The number of ether oxygens (including phenoxy) is 1. The lowest BCUT2D eigenvalue weighted by atomic mass is 10.1. The molecule has 6 heteroatoms. The van der Waals surface area contributed by atoms with Crippen molar-refractivity contribution in [2.45, 2.75) is 58.2 Å². The SMILES string of the molecule is Cc1cc(F)ccc1-n1nc(Cc2ccncc2)nc1COC1(C)CCCC1. The highest BCUT2D eigenvalue weighted by molar-refractivity contribution is 5.40. The van der Waals surface area contributed by atoms with E-state index in [0.717, 1.165) is 35.5 Å². The molecular weight excluding hydrogens is 355 g/mol. The minimum Gasteiger partial charge on any atom is -0.367 e. The highest BCUT2D eigenvalue weighted by atomic mass is 19.1. The Balaban J connectivity index is 1.65. The van der Waals surface area contributed by atoms with Crippen LogP contribution in [0, 0.1) is 12.7 Å². The number of nitrogens with zero attached hydrogens (tertiary/aromatic N) is 4. The minimum atomic E-state index is -0.255. The van der Waals surface area contributed by atoms with Gasteiger partial charge in [-0.05, 0) is 68.1 Å². The Kier molecular flexibility index (Phi) is 5.22. The van der Waals surface area contributed by atoms with E-state index in [0.29, 0.717) is 18.9 Å². The highest BCUT2D eigenvalue weighted by Crippen LogP contribution is 2.33. The number of rotatable bonds is 6. The summed E-state index contributed by atoms with van der Waals surface area (Å²) in [6.45, 7) is 4.43. The average Bonchev–Trinajstić information content (AvgIpc) is 3.28. The first-order valence-corrected chi connectivity index (χ1v) is 9.77. The Hall–Kier alpha value is -2.60. The van der Waals surface area contributed by atoms with Crippen molar-refractivity contribution >= 4 is 0 Å². The van der Waals surface area contributed by atoms with E-state index in [2.05, 4.69) is 11.9 Å². The minimum absolute atomic E-state index is 0.0973. The molecule has 0 amide bonds. The molecule has 1 fully saturated rings. The molecule has 4 rings (SSSR count). The van der Waals surface area contributed by atoms with Crippen LogP contribution in [0.1, 0.15) is 55.4 Å². The molecule has 0 atom stereocenters. The molecule has 28 heavy (non-hydrogen) atoms. The van der Waals surface area contributed by atoms with Crippen LogP contribution in [0.2, 0.25) is 0 Å². The largest absolute Gasteiger partial charge is 0.367 e. The molecule has 2 heterocycles. The van der Waals surface area contributed by atoms with Crippen LogP contribution in [0.25, 0.3) is 5.69 Å². The van der Waals surface area contributed by atoms with E-state index in [1.807, 2.05) is 19.1 Å². The fraction of sp³-hybridized carbons (Fsp3) is 0.409. The maximum Gasteiger partial charge on any atom is 0.158 e. The van der Waals surface area contributed by atoms with Crippen LogP contribution in [0.4, 0.5) is 4.39 Å². The predicted molar refractivity (Wildman–Crippen MR) is 105 cm³/mol. The Morgan fingerprint density at radius 2 is 1.89 bits per heavy atom. The number of benzene rings is 1. The smallest absolute Gasteiger partial charge is 0.158 e. The van der Waals surface area contributed by atoms with E-state index in [-0.39, 0.29) is 11.4 Å². The average molecular weight is 380 g/mol. The molecule has 1 aliphatic rings. The second-order valence-electron chi connectivity index (χ2n) is 7.76. The summed E-state index contributed by atoms with van der Waals surface area (Å²) in [4.78, 5) is 8.81. The topological polar surface area (TPSA) is 52.8 Å². The number of hydrogen-bond acceptors (Lipinski definition) is 4. The van der Waals surface area contributed by atoms with Crippen molar-refractivity contribution in [2.75, 3.05) is 0 Å². The van der Waals surface area contributed by atoms with Gasteiger partial charge in [-0.2, -0.15) is 5.10 Å². The monoisotopic (exact) mass is 380 g/mol. The molecule has 1 aromatic carbocycles. The summed E-state index contributed by atoms with van der Waals surface area (Å²) in [5.74, 6) is 1.20. The molecule has 0 saturated heterocycles. The zero-order chi connectivity index (χ0) is 19.6. The summed E-state index contributed by atoms with van der Waals surface area (Å²) >= 11 is 0. The van der Waals surface area contributed by atoms with Gasteiger partial charge >= 0.3 is 0 Å². The molecule has 0 radical (unpaired) electrons. The number of aromatic nitrogens is 4. The van der Waals surface area contributed by atoms with Crippen molar-refractivity contribution in [2.24, 2.45) is 0 Å². The Morgan fingerprint density at radius 1 is 1.14 bits per heavy atom. The molecule has 5 nitrogen and oxygen atoms in total. The first kappa shape index (κ1) is 18.7. The van der Waals surface area contributed by atoms with Crippen molar-refractivity contribution < 1.29 is 9.13 Å². The van der Waals surface area contributed by atoms with E-state index < -0.39 is 0 Å². The molecule has 0 bridgehead atoms. The molecule has 0 unspecified atom stereocenters.